The van der Waals surface area contributed by atoms with Crippen LogP contribution in [0.4, 0.5) is 11.4 Å². The van der Waals surface area contributed by atoms with Crippen LogP contribution in [0, 0.1) is 11.3 Å². The van der Waals surface area contributed by atoms with Gasteiger partial charge in [-0.1, -0.05) is 0 Å². The van der Waals surface area contributed by atoms with E-state index in [2.05, 4.69) is 5.32 Å². The summed E-state index contributed by atoms with van der Waals surface area (Å²) in [6.45, 7) is 0.350. The van der Waals surface area contributed by atoms with E-state index in [1.807, 2.05) is 6.07 Å². The van der Waals surface area contributed by atoms with Crippen LogP contribution in [0.5, 0.6) is 0 Å². The number of methoxy groups -OCH3 is 1. The van der Waals surface area contributed by atoms with Gasteiger partial charge in [-0.25, -0.2) is 0 Å². The molecule has 0 saturated carbocycles. The van der Waals surface area contributed by atoms with E-state index in [0.717, 1.165) is 0 Å². The number of carbonyl (C=O) groups is 1. The fraction of sp³-hybridized carbons (Fsp3) is 0.273. The van der Waals surface area contributed by atoms with Crippen LogP contribution in [-0.4, -0.2) is 19.6 Å². The molecule has 0 spiro atoms. The highest BCUT2D eigenvalue weighted by molar-refractivity contribution is 5.92. The molecular weight excluding hydrogens is 206 g/mol. The molecule has 1 aromatic rings. The first-order valence-electron chi connectivity index (χ1n) is 4.75. The fourth-order valence-electron chi connectivity index (χ4n) is 1.17. The van der Waals surface area contributed by atoms with Crippen LogP contribution in [0.15, 0.2) is 18.2 Å². The van der Waals surface area contributed by atoms with Gasteiger partial charge in [-0.3, -0.25) is 4.79 Å². The van der Waals surface area contributed by atoms with Crippen molar-refractivity contribution >= 4 is 17.3 Å². The lowest BCUT2D eigenvalue weighted by atomic mass is 10.1. The summed E-state index contributed by atoms with van der Waals surface area (Å²) in [6, 6.07) is 6.73. The van der Waals surface area contributed by atoms with Crippen molar-refractivity contribution in [2.24, 2.45) is 0 Å². The summed E-state index contributed by atoms with van der Waals surface area (Å²) < 4.78 is 4.78. The first-order valence-corrected chi connectivity index (χ1v) is 4.75. The molecule has 1 rings (SSSR count). The monoisotopic (exact) mass is 219 g/mol. The second-order valence-corrected chi connectivity index (χ2v) is 3.21. The minimum atomic E-state index is -0.192. The van der Waals surface area contributed by atoms with E-state index in [4.69, 9.17) is 15.7 Å². The highest BCUT2D eigenvalue weighted by Crippen LogP contribution is 2.17. The molecule has 0 bridgehead atoms. The smallest absolute Gasteiger partial charge is 0.226 e. The van der Waals surface area contributed by atoms with Crippen molar-refractivity contribution in [2.45, 2.75) is 6.42 Å². The summed E-state index contributed by atoms with van der Waals surface area (Å²) in [5, 5.41) is 11.5. The van der Waals surface area contributed by atoms with Crippen molar-refractivity contribution in [1.29, 1.82) is 5.26 Å². The Kier molecular flexibility index (Phi) is 4.30. The number of nitrogen functional groups attached to an aromatic ring is 1. The maximum atomic E-state index is 11.4. The Labute approximate surface area is 93.8 Å². The van der Waals surface area contributed by atoms with Crippen LogP contribution in [0.1, 0.15) is 12.0 Å². The minimum absolute atomic E-state index is 0.192. The van der Waals surface area contributed by atoms with Gasteiger partial charge < -0.3 is 15.8 Å². The SMILES string of the molecule is COCCC(=O)Nc1ccc(N)cc1C#N. The predicted octanol–water partition coefficient (Wildman–Crippen LogP) is 1.12. The largest absolute Gasteiger partial charge is 0.399 e. The number of amides is 1. The molecule has 16 heavy (non-hydrogen) atoms. The van der Waals surface area contributed by atoms with Crippen LogP contribution in [0.2, 0.25) is 0 Å². The van der Waals surface area contributed by atoms with Gasteiger partial charge in [0.25, 0.3) is 0 Å². The van der Waals surface area contributed by atoms with Crippen LogP contribution in [0.25, 0.3) is 0 Å². The molecule has 0 heterocycles. The van der Waals surface area contributed by atoms with Gasteiger partial charge >= 0.3 is 0 Å². The number of nitrogens with two attached hydrogens (primary N) is 1. The second kappa shape index (κ2) is 5.73. The number of nitrogens with zero attached hydrogens (tertiary/aromatic N) is 1. The van der Waals surface area contributed by atoms with Gasteiger partial charge in [-0.2, -0.15) is 5.26 Å². The summed E-state index contributed by atoms with van der Waals surface area (Å²) in [7, 11) is 1.53. The molecule has 0 aliphatic carbocycles. The van der Waals surface area contributed by atoms with E-state index in [0.29, 0.717) is 23.5 Å². The maximum Gasteiger partial charge on any atom is 0.226 e. The van der Waals surface area contributed by atoms with Crippen LogP contribution in [-0.2, 0) is 9.53 Å². The number of ether oxygens (including phenoxy) is 1. The van der Waals surface area contributed by atoms with Crippen molar-refractivity contribution in [3.8, 4) is 6.07 Å². The zero-order valence-electron chi connectivity index (χ0n) is 8.99. The average Bonchev–Trinajstić information content (AvgIpc) is 2.28. The first kappa shape index (κ1) is 12.0. The Morgan fingerprint density at radius 2 is 2.38 bits per heavy atom. The standard InChI is InChI=1S/C11H13N3O2/c1-16-5-4-11(15)14-10-3-2-9(13)6-8(10)7-12/h2-3,6H,4-5,13H2,1H3,(H,14,15). The Balaban J connectivity index is 2.74. The van der Waals surface area contributed by atoms with Crippen molar-refractivity contribution in [3.63, 3.8) is 0 Å². The van der Waals surface area contributed by atoms with Gasteiger partial charge in [-0.05, 0) is 18.2 Å². The lowest BCUT2D eigenvalue weighted by Crippen LogP contribution is -2.14. The molecule has 0 aliphatic rings. The molecule has 3 N–H and O–H groups in total. The number of benzene rings is 1. The van der Waals surface area contributed by atoms with Gasteiger partial charge in [0.2, 0.25) is 5.91 Å². The molecule has 84 valence electrons. The highest BCUT2D eigenvalue weighted by Gasteiger charge is 2.06. The normalized spacial score (nSPS) is 9.50. The van der Waals surface area contributed by atoms with Crippen molar-refractivity contribution in [2.75, 3.05) is 24.8 Å². The number of carbonyl (C=O) groups excluding carboxylic acids is 1. The van der Waals surface area contributed by atoms with Gasteiger partial charge in [0.05, 0.1) is 24.3 Å². The molecule has 0 atom stereocenters. The van der Waals surface area contributed by atoms with E-state index < -0.39 is 0 Å². The lowest BCUT2D eigenvalue weighted by Gasteiger charge is -2.07. The summed E-state index contributed by atoms with van der Waals surface area (Å²) in [6.07, 6.45) is 0.256. The Hall–Kier alpha value is -2.06. The lowest BCUT2D eigenvalue weighted by molar-refractivity contribution is -0.117. The quantitative estimate of drug-likeness (QED) is 0.742. The summed E-state index contributed by atoms with van der Waals surface area (Å²) >= 11 is 0. The van der Waals surface area contributed by atoms with Crippen LogP contribution >= 0.6 is 0 Å². The zero-order chi connectivity index (χ0) is 12.0. The number of hydrogen-bond acceptors (Lipinski definition) is 4. The number of nitriles is 1. The van der Waals surface area contributed by atoms with Crippen molar-refractivity contribution < 1.29 is 9.53 Å². The van der Waals surface area contributed by atoms with E-state index in [1.165, 1.54) is 13.2 Å². The third-order valence-corrected chi connectivity index (χ3v) is 1.97. The molecule has 0 radical (unpaired) electrons. The third-order valence-electron chi connectivity index (χ3n) is 1.97. The minimum Gasteiger partial charge on any atom is -0.399 e. The average molecular weight is 219 g/mol. The second-order valence-electron chi connectivity index (χ2n) is 3.21. The molecule has 0 saturated heterocycles. The maximum absolute atomic E-state index is 11.4. The van der Waals surface area contributed by atoms with Crippen LogP contribution in [0.3, 0.4) is 0 Å². The molecule has 0 aliphatic heterocycles. The molecule has 0 aromatic heterocycles. The van der Waals surface area contributed by atoms with Crippen molar-refractivity contribution in [3.05, 3.63) is 23.8 Å². The summed E-state index contributed by atoms with van der Waals surface area (Å²) in [5.41, 5.74) is 6.85. The van der Waals surface area contributed by atoms with Gasteiger partial charge in [0.15, 0.2) is 0 Å². The number of anilines is 2. The Bertz CT molecular complexity index is 424. The topological polar surface area (TPSA) is 88.1 Å². The molecule has 0 fully saturated rings. The predicted molar refractivity (Wildman–Crippen MR) is 60.7 cm³/mol. The highest BCUT2D eigenvalue weighted by atomic mass is 16.5. The molecule has 1 aromatic carbocycles. The third kappa shape index (κ3) is 3.26. The summed E-state index contributed by atoms with van der Waals surface area (Å²) in [4.78, 5) is 11.4. The molecule has 5 heteroatoms. The van der Waals surface area contributed by atoms with E-state index in [-0.39, 0.29) is 12.3 Å². The van der Waals surface area contributed by atoms with E-state index >= 15 is 0 Å². The molecule has 0 unspecified atom stereocenters. The number of rotatable bonds is 4. The Morgan fingerprint density at radius 1 is 1.62 bits per heavy atom. The van der Waals surface area contributed by atoms with Crippen molar-refractivity contribution in [1.82, 2.24) is 0 Å². The van der Waals surface area contributed by atoms with E-state index in [1.54, 1.807) is 12.1 Å². The van der Waals surface area contributed by atoms with E-state index in [9.17, 15) is 4.79 Å². The molecule has 5 nitrogen and oxygen atoms in total. The van der Waals surface area contributed by atoms with Crippen LogP contribution < -0.4 is 11.1 Å². The van der Waals surface area contributed by atoms with Gasteiger partial charge in [-0.15, -0.1) is 0 Å². The fourth-order valence-corrected chi connectivity index (χ4v) is 1.17. The van der Waals surface area contributed by atoms with Gasteiger partial charge in [0, 0.05) is 12.8 Å². The number of hydrogen-bond donors (Lipinski definition) is 2. The molecule has 1 amide bonds. The number of nitrogens with one attached hydrogen (secondary N) is 1. The first-order chi connectivity index (χ1) is 7.67. The molecular formula is C11H13N3O2. The summed E-state index contributed by atoms with van der Waals surface area (Å²) in [5.74, 6) is -0.192. The Morgan fingerprint density at radius 3 is 3.00 bits per heavy atom. The van der Waals surface area contributed by atoms with Gasteiger partial charge in [0.1, 0.15) is 6.07 Å². The zero-order valence-corrected chi connectivity index (χ0v) is 8.99.